The Bertz CT molecular complexity index is 1680. The predicted molar refractivity (Wildman–Crippen MR) is 160 cm³/mol. The number of carbonyl (C=O) groups is 1. The first-order valence-corrected chi connectivity index (χ1v) is 16.1. The number of amides is 2. The highest BCUT2D eigenvalue weighted by molar-refractivity contribution is 7.86. The van der Waals surface area contributed by atoms with Crippen LogP contribution in [0.2, 0.25) is 0 Å². The molecule has 2 aromatic carbocycles. The number of fused-ring (bicyclic) bond motifs is 1. The Morgan fingerprint density at radius 1 is 1.00 bits per heavy atom. The maximum atomic E-state index is 14.7. The first kappa shape index (κ1) is 31.3. The zero-order chi connectivity index (χ0) is 32.3. The maximum absolute atomic E-state index is 14.7. The average molecular weight is 650 g/mol. The van der Waals surface area contributed by atoms with E-state index in [0.29, 0.717) is 37.2 Å². The Morgan fingerprint density at radius 2 is 1.69 bits per heavy atom. The van der Waals surface area contributed by atoms with Gasteiger partial charge in [-0.25, -0.2) is 9.18 Å². The van der Waals surface area contributed by atoms with Crippen molar-refractivity contribution in [1.82, 2.24) is 23.3 Å². The molecule has 0 atom stereocenters. The molecule has 45 heavy (non-hydrogen) atoms. The van der Waals surface area contributed by atoms with Crippen LogP contribution in [-0.2, 0) is 29.5 Å². The van der Waals surface area contributed by atoms with Crippen LogP contribution in [0.25, 0.3) is 0 Å². The molecular weight excluding hydrogens is 614 g/mol. The molecule has 15 heteroatoms. The Morgan fingerprint density at radius 3 is 2.33 bits per heavy atom. The number of anilines is 2. The van der Waals surface area contributed by atoms with E-state index in [1.807, 2.05) is 17.9 Å². The molecule has 1 aromatic heterocycles. The van der Waals surface area contributed by atoms with Gasteiger partial charge in [-0.2, -0.15) is 35.3 Å². The number of aromatic nitrogens is 2. The molecule has 0 N–H and O–H groups in total. The number of piperidine rings is 1. The fraction of sp³-hybridized carbons (Fsp3) is 0.467. The van der Waals surface area contributed by atoms with Gasteiger partial charge in [-0.05, 0) is 43.0 Å². The van der Waals surface area contributed by atoms with Crippen LogP contribution in [0.15, 0.2) is 48.7 Å². The molecule has 3 aliphatic rings. The van der Waals surface area contributed by atoms with Crippen molar-refractivity contribution >= 4 is 27.7 Å². The molecule has 2 amide bonds. The Hall–Kier alpha value is -3.69. The number of hydrogen-bond donors (Lipinski definition) is 0. The van der Waals surface area contributed by atoms with Gasteiger partial charge in [0.15, 0.2) is 5.82 Å². The minimum Gasteiger partial charge on any atom is -0.369 e. The minimum atomic E-state index is -4.61. The topological polar surface area (TPSA) is 85.2 Å². The normalized spacial score (nSPS) is 18.9. The third-order valence-electron chi connectivity index (χ3n) is 8.91. The molecule has 3 aliphatic heterocycles. The predicted octanol–water partition coefficient (Wildman–Crippen LogP) is 4.62. The summed E-state index contributed by atoms with van der Waals surface area (Å²) in [5, 5.41) is 4.63. The number of rotatable bonds is 7. The van der Waals surface area contributed by atoms with Gasteiger partial charge in [0.25, 0.3) is 10.2 Å². The second kappa shape index (κ2) is 11.6. The van der Waals surface area contributed by atoms with Crippen LogP contribution >= 0.6 is 0 Å². The fourth-order valence-electron chi connectivity index (χ4n) is 6.40. The molecule has 0 saturated carbocycles. The van der Waals surface area contributed by atoms with Crippen molar-refractivity contribution in [3.8, 4) is 0 Å². The number of nitrogens with zero attached hydrogens (tertiary/aromatic N) is 7. The maximum Gasteiger partial charge on any atom is 0.416 e. The van der Waals surface area contributed by atoms with Gasteiger partial charge >= 0.3 is 12.2 Å². The lowest BCUT2D eigenvalue weighted by molar-refractivity contribution is -0.138. The number of urea groups is 1. The van der Waals surface area contributed by atoms with Gasteiger partial charge in [0.2, 0.25) is 0 Å². The molecule has 0 unspecified atom stereocenters. The van der Waals surface area contributed by atoms with E-state index in [0.717, 1.165) is 15.9 Å². The molecule has 2 fully saturated rings. The highest BCUT2D eigenvalue weighted by Gasteiger charge is 2.43. The van der Waals surface area contributed by atoms with E-state index in [4.69, 9.17) is 0 Å². The van der Waals surface area contributed by atoms with Gasteiger partial charge in [0, 0.05) is 58.1 Å². The third-order valence-corrected chi connectivity index (χ3v) is 10.8. The number of alkyl halides is 3. The van der Waals surface area contributed by atoms with Crippen molar-refractivity contribution < 1.29 is 30.8 Å². The van der Waals surface area contributed by atoms with Crippen molar-refractivity contribution in [2.45, 2.75) is 51.1 Å². The molecule has 3 aromatic rings. The molecule has 10 nitrogen and oxygen atoms in total. The molecule has 0 radical (unpaired) electrons. The van der Waals surface area contributed by atoms with E-state index in [9.17, 15) is 30.8 Å². The minimum absolute atomic E-state index is 0.0579. The summed E-state index contributed by atoms with van der Waals surface area (Å²) in [6, 6.07) is 9.16. The second-order valence-electron chi connectivity index (χ2n) is 12.0. The van der Waals surface area contributed by atoms with Crippen LogP contribution in [0.1, 0.15) is 41.1 Å². The molecule has 2 saturated heterocycles. The third kappa shape index (κ3) is 5.76. The second-order valence-corrected chi connectivity index (χ2v) is 14.1. The number of hydrogen-bond acceptors (Lipinski definition) is 5. The van der Waals surface area contributed by atoms with Crippen molar-refractivity contribution in [2.24, 2.45) is 0 Å². The first-order valence-electron chi connectivity index (χ1n) is 14.7. The van der Waals surface area contributed by atoms with Crippen LogP contribution in [0.5, 0.6) is 0 Å². The summed E-state index contributed by atoms with van der Waals surface area (Å²) in [4.78, 5) is 19.0. The van der Waals surface area contributed by atoms with E-state index < -0.39 is 28.0 Å². The van der Waals surface area contributed by atoms with Gasteiger partial charge in [-0.1, -0.05) is 30.3 Å². The van der Waals surface area contributed by atoms with E-state index in [-0.39, 0.29) is 55.5 Å². The van der Waals surface area contributed by atoms with Gasteiger partial charge in [0.05, 0.1) is 30.4 Å². The summed E-state index contributed by atoms with van der Waals surface area (Å²) in [6.07, 6.45) is -1.74. The highest BCUT2D eigenvalue weighted by atomic mass is 32.2. The highest BCUT2D eigenvalue weighted by Crippen LogP contribution is 2.38. The smallest absolute Gasteiger partial charge is 0.369 e. The van der Waals surface area contributed by atoms with Gasteiger partial charge in [0.1, 0.15) is 5.82 Å². The quantitative estimate of drug-likeness (QED) is 0.349. The van der Waals surface area contributed by atoms with Crippen molar-refractivity contribution in [1.29, 1.82) is 0 Å². The van der Waals surface area contributed by atoms with Crippen LogP contribution in [-0.4, -0.2) is 84.1 Å². The van der Waals surface area contributed by atoms with E-state index in [1.54, 1.807) is 21.8 Å². The zero-order valence-electron chi connectivity index (χ0n) is 25.2. The van der Waals surface area contributed by atoms with Crippen LogP contribution in [0, 0.1) is 12.7 Å². The molecular formula is C30H35F4N7O3S. The average Bonchev–Trinajstić information content (AvgIpc) is 3.37. The SMILES string of the molecule is Cc1cccc(F)c1N1CCC(N2Cc3cn(C4CN(S(=O)(=O)N(C)C)C4)nc3N(Cc3ccccc3C(F)(F)F)C2=O)CC1. The molecule has 6 rings (SSSR count). The first-order chi connectivity index (χ1) is 21.3. The fourth-order valence-corrected chi connectivity index (χ4v) is 7.59. The van der Waals surface area contributed by atoms with Gasteiger partial charge < -0.3 is 9.80 Å². The Kier molecular flexibility index (Phi) is 8.06. The molecule has 242 valence electrons. The number of aryl methyl sites for hydroxylation is 1. The largest absolute Gasteiger partial charge is 0.416 e. The van der Waals surface area contributed by atoms with Crippen LogP contribution in [0.4, 0.5) is 33.9 Å². The molecule has 0 spiro atoms. The Balaban J connectivity index is 1.28. The van der Waals surface area contributed by atoms with Crippen molar-refractivity contribution in [3.05, 3.63) is 76.7 Å². The number of carbonyl (C=O) groups excluding carboxylic acids is 1. The summed E-state index contributed by atoms with van der Waals surface area (Å²) in [6.45, 7) is 3.11. The lowest BCUT2D eigenvalue weighted by atomic mass is 10.00. The zero-order valence-corrected chi connectivity index (χ0v) is 26.0. The summed E-state index contributed by atoms with van der Waals surface area (Å²) < 4.78 is 85.6. The standard InChI is InChI=1S/C30H35F4N7O3S/c1-20-7-6-10-26(31)27(20)37-13-11-23(12-14-37)39-16-22-17-41(24-18-38(19-24)45(43,44)36(2)3)35-28(22)40(29(39)42)15-21-8-4-5-9-25(21)30(32,33)34/h4-10,17,23-24H,11-16,18-19H2,1-3H3. The van der Waals surface area contributed by atoms with Crippen molar-refractivity contribution in [2.75, 3.05) is 50.1 Å². The summed E-state index contributed by atoms with van der Waals surface area (Å²) >= 11 is 0. The molecule has 4 heterocycles. The van der Waals surface area contributed by atoms with E-state index in [2.05, 4.69) is 5.10 Å². The van der Waals surface area contributed by atoms with Crippen molar-refractivity contribution in [3.63, 3.8) is 0 Å². The molecule has 0 bridgehead atoms. The lowest BCUT2D eigenvalue weighted by Gasteiger charge is -2.43. The number of halogens is 4. The monoisotopic (exact) mass is 649 g/mol. The van der Waals surface area contributed by atoms with Gasteiger partial charge in [-0.15, -0.1) is 0 Å². The summed E-state index contributed by atoms with van der Waals surface area (Å²) in [5.41, 5.74) is 1.15. The van der Waals surface area contributed by atoms with Crippen LogP contribution < -0.4 is 9.80 Å². The summed E-state index contributed by atoms with van der Waals surface area (Å²) in [5.74, 6) is -0.0384. The molecule has 0 aliphatic carbocycles. The van der Waals surface area contributed by atoms with E-state index >= 15 is 0 Å². The Labute approximate surface area is 259 Å². The van der Waals surface area contributed by atoms with E-state index in [1.165, 1.54) is 47.6 Å². The number of para-hydroxylation sites is 1. The number of benzene rings is 2. The lowest BCUT2D eigenvalue weighted by Crippen LogP contribution is -2.54. The van der Waals surface area contributed by atoms with Gasteiger partial charge in [-0.3, -0.25) is 9.58 Å². The summed E-state index contributed by atoms with van der Waals surface area (Å²) in [7, 11) is -0.692. The van der Waals surface area contributed by atoms with Crippen LogP contribution in [0.3, 0.4) is 0 Å².